The van der Waals surface area contributed by atoms with Crippen molar-refractivity contribution in [3.05, 3.63) is 65.7 Å². The van der Waals surface area contributed by atoms with Crippen molar-refractivity contribution in [3.8, 4) is 5.75 Å². The van der Waals surface area contributed by atoms with E-state index in [4.69, 9.17) is 4.74 Å². The molecule has 0 saturated heterocycles. The molecule has 2 aromatic carbocycles. The van der Waals surface area contributed by atoms with Crippen LogP contribution in [0.2, 0.25) is 0 Å². The average molecular weight is 283 g/mol. The first-order valence-corrected chi connectivity index (χ1v) is 7.25. The summed E-state index contributed by atoms with van der Waals surface area (Å²) in [5.41, 5.74) is 2.33. The van der Waals surface area contributed by atoms with Gasteiger partial charge >= 0.3 is 0 Å². The number of amides is 1. The molecule has 1 N–H and O–H groups in total. The van der Waals surface area contributed by atoms with E-state index in [1.54, 1.807) is 0 Å². The summed E-state index contributed by atoms with van der Waals surface area (Å²) in [6.45, 7) is 2.70. The number of rotatable bonds is 7. The smallest absolute Gasteiger partial charge is 0.257 e. The van der Waals surface area contributed by atoms with Gasteiger partial charge < -0.3 is 10.1 Å². The highest BCUT2D eigenvalue weighted by molar-refractivity contribution is 5.77. The molecule has 0 saturated carbocycles. The van der Waals surface area contributed by atoms with Gasteiger partial charge in [-0.15, -0.1) is 0 Å². The number of ether oxygens (including phenoxy) is 1. The van der Waals surface area contributed by atoms with E-state index in [1.807, 2.05) is 49.4 Å². The fraction of sp³-hybridized carbons (Fsp3) is 0.278. The molecule has 0 aromatic heterocycles. The summed E-state index contributed by atoms with van der Waals surface area (Å²) in [6.07, 6.45) is 1.90. The molecule has 3 nitrogen and oxygen atoms in total. The quantitative estimate of drug-likeness (QED) is 0.793. The van der Waals surface area contributed by atoms with Gasteiger partial charge in [-0.3, -0.25) is 4.79 Å². The molecule has 0 atom stereocenters. The molecule has 0 aliphatic heterocycles. The number of benzene rings is 2. The maximum absolute atomic E-state index is 11.7. The second kappa shape index (κ2) is 8.10. The lowest BCUT2D eigenvalue weighted by Gasteiger charge is -2.09. The largest absolute Gasteiger partial charge is 0.484 e. The van der Waals surface area contributed by atoms with E-state index in [-0.39, 0.29) is 12.5 Å². The summed E-state index contributed by atoms with van der Waals surface area (Å²) in [5, 5.41) is 2.88. The predicted octanol–water partition coefficient (Wildman–Crippen LogP) is 3.12. The lowest BCUT2D eigenvalue weighted by Crippen LogP contribution is -2.30. The summed E-state index contributed by atoms with van der Waals surface area (Å²) >= 11 is 0. The molecule has 0 aliphatic carbocycles. The van der Waals surface area contributed by atoms with E-state index < -0.39 is 0 Å². The van der Waals surface area contributed by atoms with E-state index in [2.05, 4.69) is 17.4 Å². The first-order chi connectivity index (χ1) is 10.3. The van der Waals surface area contributed by atoms with Crippen molar-refractivity contribution < 1.29 is 9.53 Å². The number of hydrogen-bond donors (Lipinski definition) is 1. The molecule has 1 amide bonds. The molecule has 0 radical (unpaired) electrons. The molecule has 0 spiro atoms. The zero-order chi connectivity index (χ0) is 14.9. The van der Waals surface area contributed by atoms with Crippen LogP contribution in [0.1, 0.15) is 17.5 Å². The van der Waals surface area contributed by atoms with Gasteiger partial charge in [0.1, 0.15) is 5.75 Å². The minimum atomic E-state index is -0.0775. The highest BCUT2D eigenvalue weighted by Gasteiger charge is 2.03. The third-order valence-electron chi connectivity index (χ3n) is 3.26. The van der Waals surface area contributed by atoms with Gasteiger partial charge in [0.05, 0.1) is 0 Å². The number of para-hydroxylation sites is 1. The molecule has 2 rings (SSSR count). The van der Waals surface area contributed by atoms with E-state index in [0.29, 0.717) is 6.54 Å². The molecule has 2 aromatic rings. The van der Waals surface area contributed by atoms with Gasteiger partial charge in [-0.2, -0.15) is 0 Å². The number of aryl methyl sites for hydroxylation is 2. The summed E-state index contributed by atoms with van der Waals surface area (Å²) in [5.74, 6) is 0.684. The van der Waals surface area contributed by atoms with Crippen LogP contribution in [0.15, 0.2) is 54.6 Å². The van der Waals surface area contributed by atoms with Gasteiger partial charge in [-0.05, 0) is 37.0 Å². The normalized spacial score (nSPS) is 10.1. The third kappa shape index (κ3) is 5.30. The van der Waals surface area contributed by atoms with Crippen LogP contribution in [0.3, 0.4) is 0 Å². The van der Waals surface area contributed by atoms with Crippen LogP contribution in [-0.2, 0) is 11.2 Å². The minimum Gasteiger partial charge on any atom is -0.484 e. The average Bonchev–Trinajstić information content (AvgIpc) is 2.52. The minimum absolute atomic E-state index is 0.0657. The first-order valence-electron chi connectivity index (χ1n) is 7.25. The van der Waals surface area contributed by atoms with E-state index >= 15 is 0 Å². The maximum atomic E-state index is 11.7. The van der Waals surface area contributed by atoms with Gasteiger partial charge in [-0.1, -0.05) is 48.5 Å². The van der Waals surface area contributed by atoms with Crippen LogP contribution in [0.5, 0.6) is 5.75 Å². The lowest BCUT2D eigenvalue weighted by molar-refractivity contribution is -0.123. The standard InChI is InChI=1S/C18H21NO2/c1-15-8-5-6-12-17(15)21-14-18(20)19-13-7-11-16-9-3-2-4-10-16/h2-6,8-10,12H,7,11,13-14H2,1H3,(H,19,20). The summed E-state index contributed by atoms with van der Waals surface area (Å²) in [6, 6.07) is 18.0. The third-order valence-corrected chi connectivity index (χ3v) is 3.26. The van der Waals surface area contributed by atoms with Crippen molar-refractivity contribution in [2.75, 3.05) is 13.2 Å². The van der Waals surface area contributed by atoms with Gasteiger partial charge in [0.15, 0.2) is 6.61 Å². The Hall–Kier alpha value is -2.29. The van der Waals surface area contributed by atoms with Crippen LogP contribution in [0, 0.1) is 6.92 Å². The second-order valence-electron chi connectivity index (χ2n) is 4.99. The van der Waals surface area contributed by atoms with Crippen molar-refractivity contribution in [3.63, 3.8) is 0 Å². The molecule has 0 aliphatic rings. The van der Waals surface area contributed by atoms with Crippen LogP contribution in [-0.4, -0.2) is 19.1 Å². The Morgan fingerprint density at radius 3 is 2.52 bits per heavy atom. The zero-order valence-corrected chi connectivity index (χ0v) is 12.3. The molecular weight excluding hydrogens is 262 g/mol. The fourth-order valence-corrected chi connectivity index (χ4v) is 2.08. The Morgan fingerprint density at radius 1 is 1.05 bits per heavy atom. The van der Waals surface area contributed by atoms with Crippen LogP contribution in [0.25, 0.3) is 0 Å². The fourth-order valence-electron chi connectivity index (χ4n) is 2.08. The second-order valence-corrected chi connectivity index (χ2v) is 4.99. The Kier molecular flexibility index (Phi) is 5.83. The molecule has 110 valence electrons. The van der Waals surface area contributed by atoms with Gasteiger partial charge in [0.2, 0.25) is 0 Å². The van der Waals surface area contributed by atoms with Crippen LogP contribution < -0.4 is 10.1 Å². The van der Waals surface area contributed by atoms with Crippen molar-refractivity contribution in [2.45, 2.75) is 19.8 Å². The molecule has 3 heteroatoms. The molecule has 21 heavy (non-hydrogen) atoms. The lowest BCUT2D eigenvalue weighted by atomic mass is 10.1. The maximum Gasteiger partial charge on any atom is 0.257 e. The molecule has 0 bridgehead atoms. The predicted molar refractivity (Wildman–Crippen MR) is 84.4 cm³/mol. The summed E-state index contributed by atoms with van der Waals surface area (Å²) in [7, 11) is 0. The number of carbonyl (C=O) groups is 1. The molecule has 0 heterocycles. The van der Waals surface area contributed by atoms with E-state index in [0.717, 1.165) is 24.2 Å². The topological polar surface area (TPSA) is 38.3 Å². The molecular formula is C18H21NO2. The SMILES string of the molecule is Cc1ccccc1OCC(=O)NCCCc1ccccc1. The highest BCUT2D eigenvalue weighted by Crippen LogP contribution is 2.15. The summed E-state index contributed by atoms with van der Waals surface area (Å²) in [4.78, 5) is 11.7. The van der Waals surface area contributed by atoms with Crippen molar-refractivity contribution in [1.29, 1.82) is 0 Å². The number of nitrogens with one attached hydrogen (secondary N) is 1. The number of carbonyl (C=O) groups excluding carboxylic acids is 1. The Labute approximate surface area is 126 Å². The summed E-state index contributed by atoms with van der Waals surface area (Å²) < 4.78 is 5.50. The van der Waals surface area contributed by atoms with E-state index in [1.165, 1.54) is 5.56 Å². The Morgan fingerprint density at radius 2 is 1.76 bits per heavy atom. The van der Waals surface area contributed by atoms with Crippen molar-refractivity contribution >= 4 is 5.91 Å². The Balaban J connectivity index is 1.63. The van der Waals surface area contributed by atoms with Gasteiger partial charge in [0, 0.05) is 6.54 Å². The van der Waals surface area contributed by atoms with Crippen molar-refractivity contribution in [2.24, 2.45) is 0 Å². The van der Waals surface area contributed by atoms with Gasteiger partial charge in [0.25, 0.3) is 5.91 Å². The first kappa shape index (κ1) is 15.1. The molecule has 0 unspecified atom stereocenters. The number of hydrogen-bond acceptors (Lipinski definition) is 2. The van der Waals surface area contributed by atoms with Crippen LogP contribution >= 0.6 is 0 Å². The molecule has 0 fully saturated rings. The van der Waals surface area contributed by atoms with Crippen LogP contribution in [0.4, 0.5) is 0 Å². The van der Waals surface area contributed by atoms with Crippen molar-refractivity contribution in [1.82, 2.24) is 5.32 Å². The van der Waals surface area contributed by atoms with E-state index in [9.17, 15) is 4.79 Å². The highest BCUT2D eigenvalue weighted by atomic mass is 16.5. The van der Waals surface area contributed by atoms with Gasteiger partial charge in [-0.25, -0.2) is 0 Å². The Bertz CT molecular complexity index is 566. The monoisotopic (exact) mass is 283 g/mol. The zero-order valence-electron chi connectivity index (χ0n) is 12.3.